The molecule has 0 bridgehead atoms. The van der Waals surface area contributed by atoms with Crippen LogP contribution in [0, 0.1) is 0 Å². The molecular formula is C7H11N3O2S. The van der Waals surface area contributed by atoms with Crippen molar-refractivity contribution in [3.8, 4) is 5.88 Å². The van der Waals surface area contributed by atoms with E-state index in [9.17, 15) is 4.79 Å². The molecule has 0 aliphatic carbocycles. The molecule has 1 aromatic rings. The van der Waals surface area contributed by atoms with Gasteiger partial charge in [-0.3, -0.25) is 9.98 Å². The highest BCUT2D eigenvalue weighted by Crippen LogP contribution is 2.03. The molecule has 0 amide bonds. The minimum absolute atomic E-state index is 0.181. The van der Waals surface area contributed by atoms with Gasteiger partial charge in [-0.1, -0.05) is 0 Å². The third-order valence-corrected chi connectivity index (χ3v) is 1.72. The largest absolute Gasteiger partial charge is 0.493 e. The molecule has 0 aliphatic heterocycles. The van der Waals surface area contributed by atoms with Crippen molar-refractivity contribution in [2.24, 2.45) is 4.99 Å². The lowest BCUT2D eigenvalue weighted by molar-refractivity contribution is 0.455. The summed E-state index contributed by atoms with van der Waals surface area (Å²) in [7, 11) is 0. The third kappa shape index (κ3) is 2.98. The van der Waals surface area contributed by atoms with Crippen molar-refractivity contribution in [3.05, 3.63) is 16.2 Å². The average Bonchev–Trinajstić information content (AvgIpc) is 2.39. The fraction of sp³-hybridized carbons (Fsp3) is 0.429. The molecule has 1 heterocycles. The molecule has 1 aromatic heterocycles. The first-order valence-electron chi connectivity index (χ1n) is 3.86. The number of H-pyrrole nitrogens is 2. The maximum absolute atomic E-state index is 10.7. The monoisotopic (exact) mass is 201 g/mol. The standard InChI is InChI=1S/C7H11N3O2S/c11-6-5(9-7(12)10-6)4-8-2-1-3-13/h4,11,13H,1-3H2,(H2,9,10,12). The summed E-state index contributed by atoms with van der Waals surface area (Å²) in [6, 6.07) is 0. The van der Waals surface area contributed by atoms with Crippen LogP contribution in [-0.4, -0.2) is 33.6 Å². The molecule has 1 rings (SSSR count). The molecule has 6 heteroatoms. The minimum atomic E-state index is -0.437. The average molecular weight is 201 g/mol. The van der Waals surface area contributed by atoms with Crippen molar-refractivity contribution in [1.29, 1.82) is 0 Å². The first kappa shape index (κ1) is 9.91. The Bertz CT molecular complexity index is 342. The quantitative estimate of drug-likeness (QED) is 0.318. The first-order valence-corrected chi connectivity index (χ1v) is 4.49. The highest BCUT2D eigenvalue weighted by molar-refractivity contribution is 7.80. The number of nitrogens with zero attached hydrogens (tertiary/aromatic N) is 1. The smallest absolute Gasteiger partial charge is 0.326 e. The molecule has 5 nitrogen and oxygen atoms in total. The van der Waals surface area contributed by atoms with Crippen LogP contribution in [0.1, 0.15) is 12.1 Å². The molecule has 0 fully saturated rings. The molecule has 0 aromatic carbocycles. The van der Waals surface area contributed by atoms with Crippen LogP contribution in [0.25, 0.3) is 0 Å². The normalized spacial score (nSPS) is 11.2. The van der Waals surface area contributed by atoms with Gasteiger partial charge in [0.15, 0.2) is 0 Å². The van der Waals surface area contributed by atoms with Crippen molar-refractivity contribution < 1.29 is 5.11 Å². The molecule has 0 atom stereocenters. The summed E-state index contributed by atoms with van der Waals surface area (Å²) in [5.41, 5.74) is -0.127. The highest BCUT2D eigenvalue weighted by atomic mass is 32.1. The van der Waals surface area contributed by atoms with E-state index >= 15 is 0 Å². The number of hydrogen-bond acceptors (Lipinski definition) is 4. The van der Waals surface area contributed by atoms with Gasteiger partial charge in [0.25, 0.3) is 0 Å². The lowest BCUT2D eigenvalue weighted by Crippen LogP contribution is -2.00. The van der Waals surface area contributed by atoms with Crippen LogP contribution in [0.5, 0.6) is 5.88 Å². The summed E-state index contributed by atoms with van der Waals surface area (Å²) >= 11 is 4.02. The molecule has 0 radical (unpaired) electrons. The Balaban J connectivity index is 2.58. The summed E-state index contributed by atoms with van der Waals surface area (Å²) in [5, 5.41) is 9.09. The number of thiol groups is 1. The van der Waals surface area contributed by atoms with Crippen molar-refractivity contribution >= 4 is 18.8 Å². The molecule has 0 aliphatic rings. The van der Waals surface area contributed by atoms with Crippen LogP contribution in [0.4, 0.5) is 0 Å². The predicted octanol–water partition coefficient (Wildman–Crippen LogP) is 0.147. The maximum Gasteiger partial charge on any atom is 0.326 e. The van der Waals surface area contributed by atoms with E-state index in [1.165, 1.54) is 6.21 Å². The Kier molecular flexibility index (Phi) is 3.63. The Morgan fingerprint density at radius 2 is 2.31 bits per heavy atom. The zero-order valence-corrected chi connectivity index (χ0v) is 7.84. The Hall–Kier alpha value is -1.17. The second-order valence-corrected chi connectivity index (χ2v) is 2.90. The molecule has 72 valence electrons. The van der Waals surface area contributed by atoms with Crippen molar-refractivity contribution in [3.63, 3.8) is 0 Å². The van der Waals surface area contributed by atoms with Crippen LogP contribution in [-0.2, 0) is 0 Å². The van der Waals surface area contributed by atoms with Gasteiger partial charge < -0.3 is 10.1 Å². The number of hydrogen-bond donors (Lipinski definition) is 4. The van der Waals surface area contributed by atoms with Crippen molar-refractivity contribution in [2.45, 2.75) is 6.42 Å². The van der Waals surface area contributed by atoms with E-state index < -0.39 is 5.69 Å². The lowest BCUT2D eigenvalue weighted by atomic mass is 10.4. The van der Waals surface area contributed by atoms with Gasteiger partial charge in [0.05, 0.1) is 6.21 Å². The van der Waals surface area contributed by atoms with Gasteiger partial charge >= 0.3 is 5.69 Å². The van der Waals surface area contributed by atoms with Gasteiger partial charge in [-0.25, -0.2) is 4.79 Å². The van der Waals surface area contributed by atoms with Crippen molar-refractivity contribution in [2.75, 3.05) is 12.3 Å². The number of rotatable bonds is 4. The molecule has 3 N–H and O–H groups in total. The van der Waals surface area contributed by atoms with E-state index in [0.717, 1.165) is 12.2 Å². The van der Waals surface area contributed by atoms with E-state index in [4.69, 9.17) is 5.11 Å². The summed E-state index contributed by atoms with van der Waals surface area (Å²) in [6.07, 6.45) is 2.30. The first-order chi connectivity index (χ1) is 6.24. The number of imidazole rings is 1. The second-order valence-electron chi connectivity index (χ2n) is 2.45. The Morgan fingerprint density at radius 3 is 2.85 bits per heavy atom. The van der Waals surface area contributed by atoms with E-state index in [1.54, 1.807) is 0 Å². The fourth-order valence-corrected chi connectivity index (χ4v) is 0.940. The van der Waals surface area contributed by atoms with Gasteiger partial charge in [-0.15, -0.1) is 0 Å². The summed E-state index contributed by atoms with van der Waals surface area (Å²) < 4.78 is 0. The predicted molar refractivity (Wildman–Crippen MR) is 54.0 cm³/mol. The van der Waals surface area contributed by atoms with E-state index in [2.05, 4.69) is 27.6 Å². The van der Waals surface area contributed by atoms with Crippen molar-refractivity contribution in [1.82, 2.24) is 9.97 Å². The molecule has 13 heavy (non-hydrogen) atoms. The van der Waals surface area contributed by atoms with Crippen LogP contribution in [0.15, 0.2) is 9.79 Å². The van der Waals surface area contributed by atoms with Crippen LogP contribution < -0.4 is 5.69 Å². The second kappa shape index (κ2) is 4.76. The molecule has 0 spiro atoms. The number of aromatic nitrogens is 2. The van der Waals surface area contributed by atoms with Gasteiger partial charge in [-0.2, -0.15) is 12.6 Å². The summed E-state index contributed by atoms with van der Waals surface area (Å²) in [5.74, 6) is 0.590. The molecule has 0 saturated carbocycles. The number of aliphatic imine (C=N–C) groups is 1. The zero-order valence-electron chi connectivity index (χ0n) is 6.95. The van der Waals surface area contributed by atoms with Gasteiger partial charge in [-0.05, 0) is 12.2 Å². The number of aromatic amines is 2. The molecule has 0 unspecified atom stereocenters. The van der Waals surface area contributed by atoms with Gasteiger partial charge in [0, 0.05) is 6.54 Å². The van der Waals surface area contributed by atoms with Gasteiger partial charge in [0.2, 0.25) is 5.88 Å². The SMILES string of the molecule is O=c1[nH]c(O)c(C=NCCCS)[nH]1. The van der Waals surface area contributed by atoms with Gasteiger partial charge in [0.1, 0.15) is 5.69 Å². The van der Waals surface area contributed by atoms with E-state index in [1.807, 2.05) is 0 Å². The lowest BCUT2D eigenvalue weighted by Gasteiger charge is -1.89. The molecule has 0 saturated heterocycles. The number of aromatic hydroxyl groups is 1. The maximum atomic E-state index is 10.7. The van der Waals surface area contributed by atoms with Crippen LogP contribution in [0.2, 0.25) is 0 Å². The molecular weight excluding hydrogens is 190 g/mol. The third-order valence-electron chi connectivity index (χ3n) is 1.40. The van der Waals surface area contributed by atoms with E-state index in [-0.39, 0.29) is 5.88 Å². The van der Waals surface area contributed by atoms with Crippen LogP contribution in [0.3, 0.4) is 0 Å². The summed E-state index contributed by atoms with van der Waals surface area (Å²) in [4.78, 5) is 19.2. The number of nitrogens with one attached hydrogen (secondary N) is 2. The van der Waals surface area contributed by atoms with E-state index in [0.29, 0.717) is 12.2 Å². The minimum Gasteiger partial charge on any atom is -0.493 e. The highest BCUT2D eigenvalue weighted by Gasteiger charge is 2.00. The Morgan fingerprint density at radius 1 is 1.54 bits per heavy atom. The fourth-order valence-electron chi connectivity index (χ4n) is 0.799. The zero-order chi connectivity index (χ0) is 9.68. The summed E-state index contributed by atoms with van der Waals surface area (Å²) in [6.45, 7) is 0.635. The Labute approximate surface area is 80.3 Å². The topological polar surface area (TPSA) is 81.2 Å². The van der Waals surface area contributed by atoms with Crippen LogP contribution >= 0.6 is 12.6 Å².